The van der Waals surface area contributed by atoms with E-state index in [0.717, 1.165) is 0 Å². The Kier molecular flexibility index (Phi) is 5.36. The zero-order valence-corrected chi connectivity index (χ0v) is 9.17. The average molecular weight is 189 g/mol. The molecule has 0 aromatic carbocycles. The van der Waals surface area contributed by atoms with E-state index in [0.29, 0.717) is 0 Å². The monoisotopic (exact) mass is 189 g/mol. The molecule has 0 spiro atoms. The molecule has 0 radical (unpaired) electrons. The lowest BCUT2D eigenvalue weighted by molar-refractivity contribution is 0.262. The highest BCUT2D eigenvalue weighted by atomic mass is 31.2. The number of hydrogen-bond acceptors (Lipinski definition) is 4. The fourth-order valence-electron chi connectivity index (χ4n) is 0.711. The molecular weight excluding hydrogens is 173 g/mol. The number of rotatable bonds is 4. The summed E-state index contributed by atoms with van der Waals surface area (Å²) in [6.07, 6.45) is -0.346. The summed E-state index contributed by atoms with van der Waals surface area (Å²) in [5.41, 5.74) is 0. The minimum atomic E-state index is -0.780. The third-order valence-electron chi connectivity index (χ3n) is 1.12. The molecule has 0 aliphatic rings. The summed E-state index contributed by atoms with van der Waals surface area (Å²) < 4.78 is 9.43. The minimum absolute atomic E-state index is 0.346. The van der Waals surface area contributed by atoms with Gasteiger partial charge < -0.3 is 4.52 Å². The second kappa shape index (κ2) is 5.45. The van der Waals surface area contributed by atoms with Gasteiger partial charge in [-0.15, -0.1) is 0 Å². The molecule has 0 aromatic heterocycles. The average Bonchev–Trinajstić information content (AvgIpc) is 1.98. The van der Waals surface area contributed by atoms with Crippen molar-refractivity contribution in [2.45, 2.75) is 13.0 Å². The van der Waals surface area contributed by atoms with Crippen molar-refractivity contribution in [2.24, 2.45) is 0 Å². The van der Waals surface area contributed by atoms with Gasteiger partial charge in [0.1, 0.15) is 6.10 Å². The lowest BCUT2D eigenvalue weighted by Gasteiger charge is -2.29. The third kappa shape index (κ3) is 3.99. The fraction of sp³-hybridized carbons (Fsp3) is 0.857. The molecule has 0 saturated heterocycles. The molecular formula is C7H16N3OP. The molecule has 0 heterocycles. The molecule has 4 nitrogen and oxygen atoms in total. The van der Waals surface area contributed by atoms with Crippen LogP contribution in [0.2, 0.25) is 0 Å². The van der Waals surface area contributed by atoms with Crippen LogP contribution in [0.3, 0.4) is 0 Å². The Morgan fingerprint density at radius 3 is 1.92 bits per heavy atom. The van der Waals surface area contributed by atoms with Crippen molar-refractivity contribution in [3.05, 3.63) is 0 Å². The van der Waals surface area contributed by atoms with Gasteiger partial charge in [-0.1, -0.05) is 0 Å². The standard InChI is InChI=1S/C7H16N3OP/c1-7(6-8)11-12(9(2)3)10(4)5/h7H,1-5H3. The topological polar surface area (TPSA) is 39.5 Å². The van der Waals surface area contributed by atoms with E-state index in [9.17, 15) is 0 Å². The highest BCUT2D eigenvalue weighted by Gasteiger charge is 2.18. The van der Waals surface area contributed by atoms with Crippen LogP contribution in [0.4, 0.5) is 0 Å². The van der Waals surface area contributed by atoms with Crippen LogP contribution in [-0.4, -0.2) is 43.6 Å². The van der Waals surface area contributed by atoms with E-state index in [1.165, 1.54) is 0 Å². The lowest BCUT2D eigenvalue weighted by atomic mass is 10.5. The van der Waals surface area contributed by atoms with Crippen molar-refractivity contribution in [1.29, 1.82) is 5.26 Å². The van der Waals surface area contributed by atoms with Gasteiger partial charge in [0.25, 0.3) is 0 Å². The van der Waals surface area contributed by atoms with Crippen LogP contribution in [0.15, 0.2) is 0 Å². The largest absolute Gasteiger partial charge is 0.313 e. The van der Waals surface area contributed by atoms with Gasteiger partial charge in [0.2, 0.25) is 0 Å². The molecule has 1 atom stereocenters. The Hall–Kier alpha value is -0.200. The lowest BCUT2D eigenvalue weighted by Crippen LogP contribution is -2.21. The van der Waals surface area contributed by atoms with Crippen molar-refractivity contribution < 1.29 is 4.52 Å². The minimum Gasteiger partial charge on any atom is -0.313 e. The maximum absolute atomic E-state index is 8.55. The molecule has 0 saturated carbocycles. The van der Waals surface area contributed by atoms with E-state index in [4.69, 9.17) is 9.79 Å². The van der Waals surface area contributed by atoms with Crippen LogP contribution in [0.1, 0.15) is 6.92 Å². The van der Waals surface area contributed by atoms with Crippen LogP contribution < -0.4 is 0 Å². The Morgan fingerprint density at radius 2 is 1.67 bits per heavy atom. The zero-order valence-electron chi connectivity index (χ0n) is 8.27. The molecule has 5 heteroatoms. The van der Waals surface area contributed by atoms with E-state index in [2.05, 4.69) is 0 Å². The molecule has 0 fully saturated rings. The molecule has 0 aliphatic heterocycles. The van der Waals surface area contributed by atoms with E-state index < -0.39 is 8.45 Å². The summed E-state index contributed by atoms with van der Waals surface area (Å²) in [5.74, 6) is 0. The van der Waals surface area contributed by atoms with Gasteiger partial charge in [-0.05, 0) is 35.1 Å². The smallest absolute Gasteiger partial charge is 0.188 e. The van der Waals surface area contributed by atoms with E-state index in [-0.39, 0.29) is 6.10 Å². The number of nitriles is 1. The summed E-state index contributed by atoms with van der Waals surface area (Å²) in [6.45, 7) is 1.75. The first-order valence-electron chi connectivity index (χ1n) is 3.70. The summed E-state index contributed by atoms with van der Waals surface area (Å²) in [6, 6.07) is 2.05. The molecule has 0 amide bonds. The van der Waals surface area contributed by atoms with Crippen molar-refractivity contribution >= 4 is 8.45 Å². The van der Waals surface area contributed by atoms with Gasteiger partial charge in [0.15, 0.2) is 8.45 Å². The summed E-state index contributed by atoms with van der Waals surface area (Å²) in [5, 5.41) is 8.55. The fourth-order valence-corrected chi connectivity index (χ4v) is 2.13. The SMILES string of the molecule is CC(C#N)OP(N(C)C)N(C)C. The van der Waals surface area contributed by atoms with Crippen LogP contribution in [0.25, 0.3) is 0 Å². The molecule has 12 heavy (non-hydrogen) atoms. The van der Waals surface area contributed by atoms with Gasteiger partial charge in [0.05, 0.1) is 6.07 Å². The second-order valence-electron chi connectivity index (χ2n) is 2.82. The Balaban J connectivity index is 4.07. The molecule has 0 aromatic rings. The van der Waals surface area contributed by atoms with Crippen molar-refractivity contribution in [1.82, 2.24) is 9.34 Å². The highest BCUT2D eigenvalue weighted by molar-refractivity contribution is 7.47. The van der Waals surface area contributed by atoms with Crippen LogP contribution in [0.5, 0.6) is 0 Å². The van der Waals surface area contributed by atoms with Crippen LogP contribution in [0, 0.1) is 11.3 Å². The van der Waals surface area contributed by atoms with E-state index in [1.807, 2.05) is 43.6 Å². The number of nitrogens with zero attached hydrogens (tertiary/aromatic N) is 3. The highest BCUT2D eigenvalue weighted by Crippen LogP contribution is 2.41. The van der Waals surface area contributed by atoms with Gasteiger partial charge in [-0.3, -0.25) is 9.34 Å². The predicted octanol–water partition coefficient (Wildman–Crippen LogP) is 1.27. The predicted molar refractivity (Wildman–Crippen MR) is 50.5 cm³/mol. The normalized spacial score (nSPS) is 13.9. The molecule has 70 valence electrons. The molecule has 0 bridgehead atoms. The van der Waals surface area contributed by atoms with Crippen LogP contribution >= 0.6 is 8.45 Å². The zero-order chi connectivity index (χ0) is 9.72. The van der Waals surface area contributed by atoms with Gasteiger partial charge in [-0.2, -0.15) is 5.26 Å². The molecule has 0 N–H and O–H groups in total. The van der Waals surface area contributed by atoms with Crippen molar-refractivity contribution in [3.8, 4) is 6.07 Å². The first kappa shape index (κ1) is 11.8. The van der Waals surface area contributed by atoms with Gasteiger partial charge in [-0.25, -0.2) is 0 Å². The first-order valence-corrected chi connectivity index (χ1v) is 4.86. The van der Waals surface area contributed by atoms with E-state index >= 15 is 0 Å². The summed E-state index contributed by atoms with van der Waals surface area (Å²) in [7, 11) is 6.98. The summed E-state index contributed by atoms with van der Waals surface area (Å²) in [4.78, 5) is 0. The Bertz CT molecular complexity index is 159. The van der Waals surface area contributed by atoms with Gasteiger partial charge >= 0.3 is 0 Å². The molecule has 1 unspecified atom stereocenters. The third-order valence-corrected chi connectivity index (χ3v) is 2.99. The van der Waals surface area contributed by atoms with Crippen molar-refractivity contribution in [3.63, 3.8) is 0 Å². The molecule has 0 aliphatic carbocycles. The summed E-state index contributed by atoms with van der Waals surface area (Å²) >= 11 is 0. The Labute approximate surface area is 75.7 Å². The van der Waals surface area contributed by atoms with Crippen LogP contribution in [-0.2, 0) is 4.52 Å². The van der Waals surface area contributed by atoms with Gasteiger partial charge in [0, 0.05) is 0 Å². The quantitative estimate of drug-likeness (QED) is 0.624. The number of hydrogen-bond donors (Lipinski definition) is 0. The maximum atomic E-state index is 8.55. The van der Waals surface area contributed by atoms with E-state index in [1.54, 1.807) is 6.92 Å². The maximum Gasteiger partial charge on any atom is 0.188 e. The second-order valence-corrected chi connectivity index (χ2v) is 5.14. The first-order chi connectivity index (χ1) is 5.49. The molecule has 0 rings (SSSR count). The Morgan fingerprint density at radius 1 is 1.25 bits per heavy atom. The van der Waals surface area contributed by atoms with Crippen molar-refractivity contribution in [2.75, 3.05) is 28.2 Å².